The third kappa shape index (κ3) is 2.27. The maximum atomic E-state index is 11.6. The summed E-state index contributed by atoms with van der Waals surface area (Å²) < 4.78 is 6.87. The highest BCUT2D eigenvalue weighted by Crippen LogP contribution is 2.27. The first-order chi connectivity index (χ1) is 9.67. The molecule has 1 unspecified atom stereocenters. The Morgan fingerprint density at radius 1 is 1.50 bits per heavy atom. The van der Waals surface area contributed by atoms with E-state index in [-0.39, 0.29) is 17.6 Å². The van der Waals surface area contributed by atoms with Crippen molar-refractivity contribution < 1.29 is 14.6 Å². The molecule has 3 rings (SSSR count). The van der Waals surface area contributed by atoms with E-state index in [0.29, 0.717) is 6.42 Å². The van der Waals surface area contributed by atoms with E-state index in [2.05, 4.69) is 9.55 Å². The Kier molecular flexibility index (Phi) is 3.18. The second-order valence-corrected chi connectivity index (χ2v) is 5.00. The van der Waals surface area contributed by atoms with E-state index in [0.717, 1.165) is 30.0 Å². The predicted molar refractivity (Wildman–Crippen MR) is 73.2 cm³/mol. The van der Waals surface area contributed by atoms with Gasteiger partial charge < -0.3 is 14.4 Å². The molecule has 20 heavy (non-hydrogen) atoms. The van der Waals surface area contributed by atoms with Crippen molar-refractivity contribution in [3.05, 3.63) is 36.3 Å². The average Bonchev–Trinajstić information content (AvgIpc) is 2.89. The summed E-state index contributed by atoms with van der Waals surface area (Å²) in [6.07, 6.45) is 3.35. The number of esters is 1. The topological polar surface area (TPSA) is 64.3 Å². The Hall–Kier alpha value is -2.30. The highest BCUT2D eigenvalue weighted by atomic mass is 16.5. The van der Waals surface area contributed by atoms with Gasteiger partial charge in [-0.2, -0.15) is 0 Å². The summed E-state index contributed by atoms with van der Waals surface area (Å²) in [6.45, 7) is 0.765. The molecule has 5 heteroatoms. The molecule has 1 N–H and O–H groups in total. The summed E-state index contributed by atoms with van der Waals surface area (Å²) in [7, 11) is 1.42. The van der Waals surface area contributed by atoms with Crippen LogP contribution in [-0.4, -0.2) is 27.7 Å². The maximum absolute atomic E-state index is 11.6. The molecule has 5 nitrogen and oxygen atoms in total. The van der Waals surface area contributed by atoms with E-state index in [1.165, 1.54) is 7.11 Å². The van der Waals surface area contributed by atoms with E-state index < -0.39 is 0 Å². The van der Waals surface area contributed by atoms with Gasteiger partial charge in [0.25, 0.3) is 0 Å². The zero-order valence-corrected chi connectivity index (χ0v) is 11.2. The number of nitrogens with zero attached hydrogens (tertiary/aromatic N) is 2. The van der Waals surface area contributed by atoms with Crippen molar-refractivity contribution in [1.29, 1.82) is 0 Å². The summed E-state index contributed by atoms with van der Waals surface area (Å²) in [4.78, 5) is 16.2. The largest absolute Gasteiger partial charge is 0.508 e. The molecule has 0 aliphatic carbocycles. The first kappa shape index (κ1) is 12.7. The molecule has 0 bridgehead atoms. The van der Waals surface area contributed by atoms with Gasteiger partial charge in [-0.1, -0.05) is 12.1 Å². The minimum absolute atomic E-state index is 0.105. The molecule has 0 spiro atoms. The monoisotopic (exact) mass is 272 g/mol. The van der Waals surface area contributed by atoms with Crippen molar-refractivity contribution in [3.63, 3.8) is 0 Å². The van der Waals surface area contributed by atoms with Crippen LogP contribution in [0.1, 0.15) is 12.2 Å². The standard InChI is InChI=1S/C15H16N2O3/c1-20-15(19)11-5-6-17-9-13(16-14(17)8-11)10-3-2-4-12(18)7-10/h2-4,7,9,11,18H,5-6,8H2,1H3. The highest BCUT2D eigenvalue weighted by molar-refractivity contribution is 5.72. The molecule has 2 aromatic rings. The summed E-state index contributed by atoms with van der Waals surface area (Å²) in [5.41, 5.74) is 1.70. The first-order valence-electron chi connectivity index (χ1n) is 6.60. The minimum atomic E-state index is -0.168. The van der Waals surface area contributed by atoms with Crippen molar-refractivity contribution in [2.45, 2.75) is 19.4 Å². The fraction of sp³-hybridized carbons (Fsp3) is 0.333. The van der Waals surface area contributed by atoms with E-state index in [1.54, 1.807) is 18.2 Å². The van der Waals surface area contributed by atoms with E-state index in [1.807, 2.05) is 12.3 Å². The Bertz CT molecular complexity index is 648. The van der Waals surface area contributed by atoms with E-state index >= 15 is 0 Å². The molecule has 104 valence electrons. The number of fused-ring (bicyclic) bond motifs is 1. The van der Waals surface area contributed by atoms with Gasteiger partial charge in [-0.05, 0) is 18.6 Å². The average molecular weight is 272 g/mol. The maximum Gasteiger partial charge on any atom is 0.309 e. The number of hydrogen-bond acceptors (Lipinski definition) is 4. The molecule has 0 saturated carbocycles. The van der Waals surface area contributed by atoms with Gasteiger partial charge in [-0.15, -0.1) is 0 Å². The Labute approximate surface area is 116 Å². The van der Waals surface area contributed by atoms with Gasteiger partial charge in [0.1, 0.15) is 11.6 Å². The molecular weight excluding hydrogens is 256 g/mol. The number of carbonyl (C=O) groups excluding carboxylic acids is 1. The molecule has 0 radical (unpaired) electrons. The van der Waals surface area contributed by atoms with Crippen LogP contribution >= 0.6 is 0 Å². The molecule has 0 fully saturated rings. The Balaban J connectivity index is 1.89. The van der Waals surface area contributed by atoms with Gasteiger partial charge >= 0.3 is 5.97 Å². The number of aryl methyl sites for hydroxylation is 1. The molecule has 1 aliphatic heterocycles. The lowest BCUT2D eigenvalue weighted by Crippen LogP contribution is -2.26. The Morgan fingerprint density at radius 3 is 3.10 bits per heavy atom. The number of phenols is 1. The number of hydrogen-bond donors (Lipinski definition) is 1. The van der Waals surface area contributed by atoms with Crippen LogP contribution < -0.4 is 0 Å². The molecule has 0 amide bonds. The fourth-order valence-electron chi connectivity index (χ4n) is 2.60. The number of ether oxygens (including phenoxy) is 1. The quantitative estimate of drug-likeness (QED) is 0.849. The van der Waals surface area contributed by atoms with Gasteiger partial charge in [0.2, 0.25) is 0 Å². The molecule has 1 aromatic carbocycles. The number of phenolic OH excluding ortho intramolecular Hbond substituents is 1. The van der Waals surface area contributed by atoms with Crippen molar-refractivity contribution in [2.24, 2.45) is 5.92 Å². The van der Waals surface area contributed by atoms with Gasteiger partial charge in [-0.3, -0.25) is 4.79 Å². The second-order valence-electron chi connectivity index (χ2n) is 5.00. The number of methoxy groups -OCH3 is 1. The molecule has 0 saturated heterocycles. The van der Waals surface area contributed by atoms with Crippen LogP contribution in [0.4, 0.5) is 0 Å². The van der Waals surface area contributed by atoms with Crippen molar-refractivity contribution in [3.8, 4) is 17.0 Å². The van der Waals surface area contributed by atoms with Crippen molar-refractivity contribution in [1.82, 2.24) is 9.55 Å². The third-order valence-corrected chi connectivity index (χ3v) is 3.68. The summed E-state index contributed by atoms with van der Waals surface area (Å²) in [6, 6.07) is 7.02. The minimum Gasteiger partial charge on any atom is -0.508 e. The van der Waals surface area contributed by atoms with Crippen LogP contribution in [0, 0.1) is 5.92 Å². The van der Waals surface area contributed by atoms with Gasteiger partial charge in [-0.25, -0.2) is 4.98 Å². The fourth-order valence-corrected chi connectivity index (χ4v) is 2.60. The SMILES string of the molecule is COC(=O)C1CCn2cc(-c3cccc(O)c3)nc2C1. The number of carbonyl (C=O) groups is 1. The number of rotatable bonds is 2. The molecule has 2 heterocycles. The molecular formula is C15H16N2O3. The molecule has 1 aromatic heterocycles. The van der Waals surface area contributed by atoms with Gasteiger partial charge in [0.15, 0.2) is 0 Å². The summed E-state index contributed by atoms with van der Waals surface area (Å²) in [5, 5.41) is 9.53. The van der Waals surface area contributed by atoms with Crippen LogP contribution in [0.5, 0.6) is 5.75 Å². The summed E-state index contributed by atoms with van der Waals surface area (Å²) in [5.74, 6) is 0.844. The van der Waals surface area contributed by atoms with E-state index in [4.69, 9.17) is 4.74 Å². The first-order valence-corrected chi connectivity index (χ1v) is 6.60. The van der Waals surface area contributed by atoms with Gasteiger partial charge in [0.05, 0.1) is 18.7 Å². The van der Waals surface area contributed by atoms with E-state index in [9.17, 15) is 9.90 Å². The number of imidazole rings is 1. The molecule has 1 atom stereocenters. The number of benzene rings is 1. The predicted octanol–water partition coefficient (Wildman–Crippen LogP) is 1.99. The smallest absolute Gasteiger partial charge is 0.309 e. The van der Waals surface area contributed by atoms with Crippen molar-refractivity contribution >= 4 is 5.97 Å². The normalized spacial score (nSPS) is 17.6. The van der Waals surface area contributed by atoms with Crippen molar-refractivity contribution in [2.75, 3.05) is 7.11 Å². The van der Waals surface area contributed by atoms with Crippen LogP contribution in [0.15, 0.2) is 30.5 Å². The molecule has 1 aliphatic rings. The number of aromatic hydroxyl groups is 1. The van der Waals surface area contributed by atoms with Crippen LogP contribution in [0.3, 0.4) is 0 Å². The lowest BCUT2D eigenvalue weighted by molar-refractivity contribution is -0.146. The number of aromatic nitrogens is 2. The van der Waals surface area contributed by atoms with Crippen LogP contribution in [-0.2, 0) is 22.5 Å². The lowest BCUT2D eigenvalue weighted by Gasteiger charge is -2.20. The zero-order valence-electron chi connectivity index (χ0n) is 11.2. The second kappa shape index (κ2) is 5.00. The van der Waals surface area contributed by atoms with Crippen LogP contribution in [0.2, 0.25) is 0 Å². The third-order valence-electron chi connectivity index (χ3n) is 3.68. The van der Waals surface area contributed by atoms with Crippen LogP contribution in [0.25, 0.3) is 11.3 Å². The lowest BCUT2D eigenvalue weighted by atomic mass is 9.98. The van der Waals surface area contributed by atoms with Gasteiger partial charge in [0, 0.05) is 24.7 Å². The Morgan fingerprint density at radius 2 is 2.35 bits per heavy atom. The summed E-state index contributed by atoms with van der Waals surface area (Å²) >= 11 is 0. The zero-order chi connectivity index (χ0) is 14.1. The highest BCUT2D eigenvalue weighted by Gasteiger charge is 2.27.